The highest BCUT2D eigenvalue weighted by Crippen LogP contribution is 2.15. The SMILES string of the molecule is COC(=O)[C@H](CC=C(C)C)NC(=O)c1c(F)cc(F)cc1F. The number of halogens is 3. The average molecular weight is 315 g/mol. The van der Waals surface area contributed by atoms with Crippen LogP contribution in [0.2, 0.25) is 0 Å². The Hall–Kier alpha value is -2.31. The Morgan fingerprint density at radius 3 is 2.23 bits per heavy atom. The van der Waals surface area contributed by atoms with Crippen molar-refractivity contribution in [2.75, 3.05) is 7.11 Å². The fraction of sp³-hybridized carbons (Fsp3) is 0.333. The van der Waals surface area contributed by atoms with Crippen molar-refractivity contribution in [1.29, 1.82) is 0 Å². The Kier molecular flexibility index (Phi) is 6.15. The quantitative estimate of drug-likeness (QED) is 0.671. The van der Waals surface area contributed by atoms with Gasteiger partial charge in [0.05, 0.1) is 7.11 Å². The van der Waals surface area contributed by atoms with Crippen LogP contribution in [0.1, 0.15) is 30.6 Å². The highest BCUT2D eigenvalue weighted by atomic mass is 19.1. The van der Waals surface area contributed by atoms with Gasteiger partial charge in [-0.15, -0.1) is 0 Å². The number of hydrogen-bond acceptors (Lipinski definition) is 3. The molecule has 1 aromatic rings. The molecule has 1 amide bonds. The summed E-state index contributed by atoms with van der Waals surface area (Å²) in [6.07, 6.45) is 1.77. The molecular formula is C15H16F3NO3. The van der Waals surface area contributed by atoms with Crippen molar-refractivity contribution in [2.45, 2.75) is 26.3 Å². The van der Waals surface area contributed by atoms with Crippen molar-refractivity contribution >= 4 is 11.9 Å². The monoisotopic (exact) mass is 315 g/mol. The molecule has 0 bridgehead atoms. The van der Waals surface area contributed by atoms with E-state index in [9.17, 15) is 22.8 Å². The van der Waals surface area contributed by atoms with Crippen LogP contribution >= 0.6 is 0 Å². The number of rotatable bonds is 5. The van der Waals surface area contributed by atoms with Crippen LogP contribution in [0, 0.1) is 17.5 Å². The summed E-state index contributed by atoms with van der Waals surface area (Å²) in [5.74, 6) is -5.75. The Labute approximate surface area is 126 Å². The largest absolute Gasteiger partial charge is 0.467 e. The maximum atomic E-state index is 13.5. The highest BCUT2D eigenvalue weighted by molar-refractivity contribution is 5.97. The minimum absolute atomic E-state index is 0.102. The molecule has 1 rings (SSSR count). The van der Waals surface area contributed by atoms with Crippen LogP contribution in [-0.4, -0.2) is 25.0 Å². The van der Waals surface area contributed by atoms with Gasteiger partial charge in [-0.25, -0.2) is 18.0 Å². The summed E-state index contributed by atoms with van der Waals surface area (Å²) in [5.41, 5.74) is -0.0604. The lowest BCUT2D eigenvalue weighted by molar-refractivity contribution is -0.142. The van der Waals surface area contributed by atoms with Gasteiger partial charge in [0.15, 0.2) is 0 Å². The molecule has 0 radical (unpaired) electrons. The average Bonchev–Trinajstić information content (AvgIpc) is 2.41. The molecule has 0 aliphatic heterocycles. The number of amides is 1. The number of methoxy groups -OCH3 is 1. The van der Waals surface area contributed by atoms with Gasteiger partial charge in [0.2, 0.25) is 0 Å². The normalized spacial score (nSPS) is 11.5. The summed E-state index contributed by atoms with van der Waals surface area (Å²) in [7, 11) is 1.13. The summed E-state index contributed by atoms with van der Waals surface area (Å²) in [5, 5.41) is 2.18. The van der Waals surface area contributed by atoms with Gasteiger partial charge in [0.25, 0.3) is 5.91 Å². The van der Waals surface area contributed by atoms with Crippen molar-refractivity contribution in [3.05, 3.63) is 46.8 Å². The van der Waals surface area contributed by atoms with E-state index < -0.39 is 40.9 Å². The van der Waals surface area contributed by atoms with E-state index in [1.54, 1.807) is 19.9 Å². The summed E-state index contributed by atoms with van der Waals surface area (Å²) < 4.78 is 44.4. The van der Waals surface area contributed by atoms with Gasteiger partial charge >= 0.3 is 5.97 Å². The molecule has 22 heavy (non-hydrogen) atoms. The maximum absolute atomic E-state index is 13.5. The molecule has 1 aromatic carbocycles. The number of ether oxygens (including phenoxy) is 1. The second-order valence-corrected chi connectivity index (χ2v) is 4.81. The smallest absolute Gasteiger partial charge is 0.328 e. The van der Waals surface area contributed by atoms with Crippen LogP contribution in [0.15, 0.2) is 23.8 Å². The first-order valence-electron chi connectivity index (χ1n) is 6.42. The molecule has 0 spiro atoms. The van der Waals surface area contributed by atoms with Gasteiger partial charge in [-0.1, -0.05) is 11.6 Å². The molecule has 0 aliphatic carbocycles. The molecule has 1 N–H and O–H groups in total. The lowest BCUT2D eigenvalue weighted by Gasteiger charge is -2.15. The van der Waals surface area contributed by atoms with E-state index in [1.807, 2.05) is 0 Å². The standard InChI is InChI=1S/C15H16F3NO3/c1-8(2)4-5-12(15(21)22-3)19-14(20)13-10(17)6-9(16)7-11(13)18/h4,6-7,12H,5H2,1-3H3,(H,19,20)/t12-/m0/s1. The molecular weight excluding hydrogens is 299 g/mol. The Morgan fingerprint density at radius 2 is 1.77 bits per heavy atom. The van der Waals surface area contributed by atoms with Crippen LogP contribution in [0.5, 0.6) is 0 Å². The Morgan fingerprint density at radius 1 is 1.23 bits per heavy atom. The molecule has 7 heteroatoms. The highest BCUT2D eigenvalue weighted by Gasteiger charge is 2.25. The fourth-order valence-corrected chi connectivity index (χ4v) is 1.70. The van der Waals surface area contributed by atoms with Crippen molar-refractivity contribution in [3.8, 4) is 0 Å². The lowest BCUT2D eigenvalue weighted by Crippen LogP contribution is -2.41. The van der Waals surface area contributed by atoms with Gasteiger partial charge < -0.3 is 10.1 Å². The van der Waals surface area contributed by atoms with E-state index in [1.165, 1.54) is 0 Å². The van der Waals surface area contributed by atoms with Gasteiger partial charge in [0.1, 0.15) is 29.1 Å². The molecule has 120 valence electrons. The first-order chi connectivity index (χ1) is 10.3. The number of nitrogens with one attached hydrogen (secondary N) is 1. The lowest BCUT2D eigenvalue weighted by atomic mass is 10.1. The molecule has 0 saturated heterocycles. The molecule has 0 heterocycles. The maximum Gasteiger partial charge on any atom is 0.328 e. The number of esters is 1. The number of hydrogen-bond donors (Lipinski definition) is 1. The van der Waals surface area contributed by atoms with E-state index in [2.05, 4.69) is 10.1 Å². The van der Waals surface area contributed by atoms with Gasteiger partial charge in [-0.3, -0.25) is 4.79 Å². The number of benzene rings is 1. The fourth-order valence-electron chi connectivity index (χ4n) is 1.70. The number of carbonyl (C=O) groups is 2. The van der Waals surface area contributed by atoms with Crippen LogP contribution in [0.25, 0.3) is 0 Å². The van der Waals surface area contributed by atoms with Crippen molar-refractivity contribution in [1.82, 2.24) is 5.32 Å². The first kappa shape index (κ1) is 17.7. The topological polar surface area (TPSA) is 55.4 Å². The third kappa shape index (κ3) is 4.61. The number of allylic oxidation sites excluding steroid dienone is 1. The van der Waals surface area contributed by atoms with Crippen LogP contribution < -0.4 is 5.32 Å². The third-order valence-electron chi connectivity index (χ3n) is 2.79. The summed E-state index contributed by atoms with van der Waals surface area (Å²) in [6, 6.07) is -0.320. The minimum atomic E-state index is -1.35. The Bertz CT molecular complexity index is 587. The van der Waals surface area contributed by atoms with Gasteiger partial charge in [-0.05, 0) is 20.3 Å². The summed E-state index contributed by atoms with van der Waals surface area (Å²) in [6.45, 7) is 3.57. The second kappa shape index (κ2) is 7.63. The van der Waals surface area contributed by atoms with E-state index in [0.29, 0.717) is 12.1 Å². The molecule has 4 nitrogen and oxygen atoms in total. The summed E-state index contributed by atoms with van der Waals surface area (Å²) in [4.78, 5) is 23.5. The molecule has 1 atom stereocenters. The predicted molar refractivity (Wildman–Crippen MR) is 73.6 cm³/mol. The molecule has 0 saturated carbocycles. The predicted octanol–water partition coefficient (Wildman–Crippen LogP) is 2.73. The van der Waals surface area contributed by atoms with E-state index >= 15 is 0 Å². The zero-order valence-corrected chi connectivity index (χ0v) is 12.4. The zero-order chi connectivity index (χ0) is 16.9. The third-order valence-corrected chi connectivity index (χ3v) is 2.79. The van der Waals surface area contributed by atoms with Crippen molar-refractivity contribution < 1.29 is 27.5 Å². The van der Waals surface area contributed by atoms with Crippen LogP contribution in [-0.2, 0) is 9.53 Å². The van der Waals surface area contributed by atoms with Gasteiger partial charge in [-0.2, -0.15) is 0 Å². The van der Waals surface area contributed by atoms with Crippen molar-refractivity contribution in [2.24, 2.45) is 0 Å². The van der Waals surface area contributed by atoms with Crippen LogP contribution in [0.4, 0.5) is 13.2 Å². The molecule has 0 unspecified atom stereocenters. The van der Waals surface area contributed by atoms with Crippen LogP contribution in [0.3, 0.4) is 0 Å². The Balaban J connectivity index is 3.01. The molecule has 0 aliphatic rings. The van der Waals surface area contributed by atoms with Crippen molar-refractivity contribution in [3.63, 3.8) is 0 Å². The first-order valence-corrected chi connectivity index (χ1v) is 6.42. The van der Waals surface area contributed by atoms with E-state index in [4.69, 9.17) is 0 Å². The zero-order valence-electron chi connectivity index (χ0n) is 12.4. The minimum Gasteiger partial charge on any atom is -0.467 e. The summed E-state index contributed by atoms with van der Waals surface area (Å²) >= 11 is 0. The molecule has 0 aromatic heterocycles. The van der Waals surface area contributed by atoms with E-state index in [0.717, 1.165) is 12.7 Å². The van der Waals surface area contributed by atoms with E-state index in [-0.39, 0.29) is 6.42 Å². The van der Waals surface area contributed by atoms with Gasteiger partial charge in [0, 0.05) is 12.1 Å². The molecule has 0 fully saturated rings. The second-order valence-electron chi connectivity index (χ2n) is 4.81. The number of carbonyl (C=O) groups excluding carboxylic acids is 2.